The first-order chi connectivity index (χ1) is 20.4. The largest absolute Gasteiger partial charge is 0.383 e. The third-order valence-electron chi connectivity index (χ3n) is 7.77. The minimum Gasteiger partial charge on any atom is -0.383 e. The van der Waals surface area contributed by atoms with Crippen LogP contribution < -0.4 is 16.5 Å². The SMILES string of the molecule is CSc1ccc(-c2cn(CC3CCOCC3)cc(C(=O)Nc3ccc(-c4cn(C)c5ncnc(N)c45)cc3)c2=O)cc1. The van der Waals surface area contributed by atoms with Gasteiger partial charge in [-0.25, -0.2) is 9.97 Å². The molecule has 1 aliphatic heterocycles. The molecule has 3 N–H and O–H groups in total. The van der Waals surface area contributed by atoms with Crippen LogP contribution in [0.5, 0.6) is 0 Å². The summed E-state index contributed by atoms with van der Waals surface area (Å²) in [5.41, 5.74) is 10.4. The Morgan fingerprint density at radius 1 is 1.00 bits per heavy atom. The van der Waals surface area contributed by atoms with Crippen molar-refractivity contribution in [2.75, 3.05) is 30.5 Å². The van der Waals surface area contributed by atoms with Crippen molar-refractivity contribution < 1.29 is 9.53 Å². The first kappa shape index (κ1) is 27.7. The Kier molecular flexibility index (Phi) is 7.82. The number of amides is 1. The number of nitrogens with zero attached hydrogens (tertiary/aromatic N) is 4. The van der Waals surface area contributed by atoms with Gasteiger partial charge >= 0.3 is 0 Å². The van der Waals surface area contributed by atoms with Crippen molar-refractivity contribution in [3.8, 4) is 22.3 Å². The molecule has 9 nitrogen and oxygen atoms in total. The van der Waals surface area contributed by atoms with Gasteiger partial charge in [-0.15, -0.1) is 11.8 Å². The van der Waals surface area contributed by atoms with Gasteiger partial charge in [0.15, 0.2) is 0 Å². The quantitative estimate of drug-likeness (QED) is 0.246. The molecule has 6 rings (SSSR count). The van der Waals surface area contributed by atoms with Crippen molar-refractivity contribution in [1.82, 2.24) is 19.1 Å². The van der Waals surface area contributed by atoms with E-state index in [9.17, 15) is 9.59 Å². The lowest BCUT2D eigenvalue weighted by molar-refractivity contribution is 0.0612. The molecular weight excluding hydrogens is 548 g/mol. The van der Waals surface area contributed by atoms with E-state index in [4.69, 9.17) is 10.5 Å². The number of anilines is 2. The summed E-state index contributed by atoms with van der Waals surface area (Å²) in [5, 5.41) is 3.71. The van der Waals surface area contributed by atoms with Gasteiger partial charge in [-0.05, 0) is 60.4 Å². The van der Waals surface area contributed by atoms with Gasteiger partial charge in [-0.3, -0.25) is 9.59 Å². The highest BCUT2D eigenvalue weighted by Crippen LogP contribution is 2.32. The lowest BCUT2D eigenvalue weighted by atomic mass is 9.99. The monoisotopic (exact) mass is 580 g/mol. The summed E-state index contributed by atoms with van der Waals surface area (Å²) in [7, 11) is 1.91. The predicted molar refractivity (Wildman–Crippen MR) is 168 cm³/mol. The fourth-order valence-corrected chi connectivity index (χ4v) is 5.89. The smallest absolute Gasteiger partial charge is 0.261 e. The number of ether oxygens (including phenoxy) is 1. The molecule has 0 bridgehead atoms. The lowest BCUT2D eigenvalue weighted by Gasteiger charge is -2.23. The number of aryl methyl sites for hydroxylation is 1. The first-order valence-electron chi connectivity index (χ1n) is 13.8. The summed E-state index contributed by atoms with van der Waals surface area (Å²) in [5.74, 6) is 0.386. The molecule has 5 aromatic rings. The maximum Gasteiger partial charge on any atom is 0.261 e. The van der Waals surface area contributed by atoms with Gasteiger partial charge in [0, 0.05) is 67.1 Å². The molecule has 0 saturated carbocycles. The van der Waals surface area contributed by atoms with Gasteiger partial charge in [-0.1, -0.05) is 24.3 Å². The van der Waals surface area contributed by atoms with Gasteiger partial charge in [0.1, 0.15) is 23.4 Å². The predicted octanol–water partition coefficient (Wildman–Crippen LogP) is 5.45. The summed E-state index contributed by atoms with van der Waals surface area (Å²) in [4.78, 5) is 36.8. The van der Waals surface area contributed by atoms with Crippen molar-refractivity contribution in [2.24, 2.45) is 13.0 Å². The fourth-order valence-electron chi connectivity index (χ4n) is 5.49. The number of aromatic nitrogens is 4. The third kappa shape index (κ3) is 5.55. The molecule has 1 saturated heterocycles. The Balaban J connectivity index is 1.30. The number of thioether (sulfide) groups is 1. The number of nitrogen functional groups attached to an aromatic ring is 1. The number of benzene rings is 2. The lowest BCUT2D eigenvalue weighted by Crippen LogP contribution is -2.26. The van der Waals surface area contributed by atoms with E-state index < -0.39 is 5.91 Å². The second-order valence-electron chi connectivity index (χ2n) is 10.5. The molecule has 4 heterocycles. The molecule has 42 heavy (non-hydrogen) atoms. The van der Waals surface area contributed by atoms with Crippen molar-refractivity contribution in [3.63, 3.8) is 0 Å². The van der Waals surface area contributed by atoms with Crippen LogP contribution in [0.25, 0.3) is 33.3 Å². The number of nitrogens with one attached hydrogen (secondary N) is 1. The van der Waals surface area contributed by atoms with Crippen molar-refractivity contribution >= 4 is 40.2 Å². The van der Waals surface area contributed by atoms with E-state index in [2.05, 4.69) is 15.3 Å². The van der Waals surface area contributed by atoms with E-state index in [1.807, 2.05) is 83.4 Å². The van der Waals surface area contributed by atoms with Gasteiger partial charge in [0.05, 0.1) is 5.39 Å². The van der Waals surface area contributed by atoms with Crippen LogP contribution in [0.1, 0.15) is 23.2 Å². The van der Waals surface area contributed by atoms with Gasteiger partial charge < -0.3 is 24.9 Å². The molecule has 214 valence electrons. The number of hydrogen-bond acceptors (Lipinski definition) is 7. The number of carbonyl (C=O) groups is 1. The number of hydrogen-bond donors (Lipinski definition) is 2. The molecule has 0 atom stereocenters. The number of pyridine rings is 1. The van der Waals surface area contributed by atoms with E-state index >= 15 is 0 Å². The minimum absolute atomic E-state index is 0.108. The van der Waals surface area contributed by atoms with Gasteiger partial charge in [-0.2, -0.15) is 0 Å². The molecule has 3 aromatic heterocycles. The summed E-state index contributed by atoms with van der Waals surface area (Å²) in [6.45, 7) is 2.18. The van der Waals surface area contributed by atoms with Crippen LogP contribution in [0.2, 0.25) is 0 Å². The number of carbonyl (C=O) groups excluding carboxylic acids is 1. The average molecular weight is 581 g/mol. The Morgan fingerprint density at radius 2 is 1.69 bits per heavy atom. The number of fused-ring (bicyclic) bond motifs is 1. The topological polar surface area (TPSA) is 117 Å². The Hall–Kier alpha value is -4.41. The number of rotatable bonds is 7. The van der Waals surface area contributed by atoms with E-state index in [-0.39, 0.29) is 11.0 Å². The van der Waals surface area contributed by atoms with Crippen LogP contribution in [0, 0.1) is 5.92 Å². The normalized spacial score (nSPS) is 13.9. The minimum atomic E-state index is -0.445. The fraction of sp³-hybridized carbons (Fsp3) is 0.250. The molecule has 10 heteroatoms. The van der Waals surface area contributed by atoms with E-state index in [0.717, 1.165) is 58.7 Å². The molecule has 1 amide bonds. The zero-order valence-corrected chi connectivity index (χ0v) is 24.4. The molecule has 0 spiro atoms. The molecular formula is C32H32N6O3S. The van der Waals surface area contributed by atoms with Crippen molar-refractivity contribution in [2.45, 2.75) is 24.3 Å². The highest BCUT2D eigenvalue weighted by atomic mass is 32.2. The molecule has 0 unspecified atom stereocenters. The maximum atomic E-state index is 13.7. The third-order valence-corrected chi connectivity index (χ3v) is 8.51. The van der Waals surface area contributed by atoms with Crippen LogP contribution in [0.15, 0.2) is 83.1 Å². The second kappa shape index (κ2) is 11.8. The Morgan fingerprint density at radius 3 is 2.40 bits per heavy atom. The zero-order valence-electron chi connectivity index (χ0n) is 23.5. The summed E-state index contributed by atoms with van der Waals surface area (Å²) in [6.07, 6.45) is 10.9. The summed E-state index contributed by atoms with van der Waals surface area (Å²) < 4.78 is 9.42. The van der Waals surface area contributed by atoms with E-state index in [1.165, 1.54) is 6.33 Å². The van der Waals surface area contributed by atoms with Crippen LogP contribution >= 0.6 is 11.8 Å². The Bertz CT molecular complexity index is 1810. The van der Waals surface area contributed by atoms with E-state index in [0.29, 0.717) is 29.5 Å². The van der Waals surface area contributed by atoms with Crippen LogP contribution in [-0.4, -0.2) is 44.5 Å². The van der Waals surface area contributed by atoms with Crippen LogP contribution in [0.3, 0.4) is 0 Å². The van der Waals surface area contributed by atoms with Gasteiger partial charge in [0.2, 0.25) is 5.43 Å². The van der Waals surface area contributed by atoms with E-state index in [1.54, 1.807) is 18.0 Å². The molecule has 0 aliphatic carbocycles. The van der Waals surface area contributed by atoms with Crippen LogP contribution in [-0.2, 0) is 18.3 Å². The zero-order chi connectivity index (χ0) is 29.2. The summed E-state index contributed by atoms with van der Waals surface area (Å²) in [6, 6.07) is 15.3. The van der Waals surface area contributed by atoms with Gasteiger partial charge in [0.25, 0.3) is 5.91 Å². The average Bonchev–Trinajstić information content (AvgIpc) is 3.36. The Labute approximate surface area is 247 Å². The first-order valence-corrected chi connectivity index (χ1v) is 15.1. The van der Waals surface area contributed by atoms with Crippen LogP contribution in [0.4, 0.5) is 11.5 Å². The second-order valence-corrected chi connectivity index (χ2v) is 11.4. The summed E-state index contributed by atoms with van der Waals surface area (Å²) >= 11 is 1.64. The number of nitrogens with two attached hydrogens (primary N) is 1. The molecule has 1 fully saturated rings. The highest BCUT2D eigenvalue weighted by Gasteiger charge is 2.20. The van der Waals surface area contributed by atoms with Crippen molar-refractivity contribution in [3.05, 3.63) is 89.2 Å². The van der Waals surface area contributed by atoms with Crippen molar-refractivity contribution in [1.29, 1.82) is 0 Å². The maximum absolute atomic E-state index is 13.7. The standard InChI is InChI=1S/C32H32N6O3S/c1-37-16-25(28-30(33)34-19-35-31(28)37)21-3-7-23(8-4-21)36-32(40)27-18-38(15-20-11-13-41-14-12-20)17-26(29(27)39)22-5-9-24(42-2)10-6-22/h3-10,16-20H,11-15H2,1-2H3,(H,36,40)(H2,33,34,35). The molecule has 0 radical (unpaired) electrons. The molecule has 1 aliphatic rings. The highest BCUT2D eigenvalue weighted by molar-refractivity contribution is 7.98. The molecule has 2 aromatic carbocycles.